The van der Waals surface area contributed by atoms with Crippen molar-refractivity contribution < 1.29 is 14.6 Å². The van der Waals surface area contributed by atoms with Crippen molar-refractivity contribution in [3.05, 3.63) is 23.4 Å². The van der Waals surface area contributed by atoms with Crippen molar-refractivity contribution in [2.24, 2.45) is 13.0 Å². The molecule has 2 aromatic rings. The van der Waals surface area contributed by atoms with E-state index in [9.17, 15) is 9.90 Å². The minimum Gasteiger partial charge on any atom is -0.497 e. The van der Waals surface area contributed by atoms with E-state index in [4.69, 9.17) is 4.74 Å². The Morgan fingerprint density at radius 1 is 1.38 bits per heavy atom. The number of aromatic carboxylic acids is 1. The number of methoxy groups -OCH3 is 1. The quantitative estimate of drug-likeness (QED) is 0.815. The number of nitrogens with one attached hydrogen (secondary N) is 1. The molecule has 0 aliphatic carbocycles. The summed E-state index contributed by atoms with van der Waals surface area (Å²) in [5, 5.41) is 18.6. The van der Waals surface area contributed by atoms with Crippen molar-refractivity contribution in [3.63, 3.8) is 0 Å². The lowest BCUT2D eigenvalue weighted by Gasteiger charge is -2.45. The SMILES string of the molecule is COc1cc(C(=O)O)c2c(CCN[C@@H]3CN4CCC3CC4)nn(C)c2c1. The standard InChI is InChI=1S/C19H26N4O3/c1-22-17-10-13(26-2)9-14(19(24)25)18(17)15(21-22)3-6-20-16-11-23-7-4-12(16)5-8-23/h9-10,12,16,20H,3-8,11H2,1-2H3,(H,24,25)/t16-/m1/s1. The summed E-state index contributed by atoms with van der Waals surface area (Å²) in [6, 6.07) is 3.97. The summed E-state index contributed by atoms with van der Waals surface area (Å²) in [5.74, 6) is 0.364. The Bertz CT molecular complexity index is 824. The molecule has 0 spiro atoms. The van der Waals surface area contributed by atoms with E-state index >= 15 is 0 Å². The Hall–Kier alpha value is -2.12. The Labute approximate surface area is 152 Å². The molecular weight excluding hydrogens is 332 g/mol. The number of hydrogen-bond donors (Lipinski definition) is 2. The van der Waals surface area contributed by atoms with Gasteiger partial charge in [-0.15, -0.1) is 0 Å². The maximum absolute atomic E-state index is 11.7. The van der Waals surface area contributed by atoms with Crippen molar-refractivity contribution in [2.75, 3.05) is 33.3 Å². The first-order valence-corrected chi connectivity index (χ1v) is 9.29. The van der Waals surface area contributed by atoms with Gasteiger partial charge in [-0.1, -0.05) is 0 Å². The van der Waals surface area contributed by atoms with E-state index in [2.05, 4.69) is 15.3 Å². The maximum Gasteiger partial charge on any atom is 0.336 e. The number of piperidine rings is 3. The Morgan fingerprint density at radius 2 is 2.15 bits per heavy atom. The molecule has 0 unspecified atom stereocenters. The van der Waals surface area contributed by atoms with Crippen molar-refractivity contribution >= 4 is 16.9 Å². The molecular formula is C19H26N4O3. The highest BCUT2D eigenvalue weighted by atomic mass is 16.5. The minimum absolute atomic E-state index is 0.255. The van der Waals surface area contributed by atoms with Crippen LogP contribution in [0, 0.1) is 5.92 Å². The van der Waals surface area contributed by atoms with Crippen LogP contribution in [0.5, 0.6) is 5.75 Å². The molecule has 0 radical (unpaired) electrons. The molecule has 4 heterocycles. The van der Waals surface area contributed by atoms with Gasteiger partial charge in [0.2, 0.25) is 0 Å². The number of hydrogen-bond acceptors (Lipinski definition) is 5. The van der Waals surface area contributed by atoms with Crippen LogP contribution in [0.3, 0.4) is 0 Å². The first kappa shape index (κ1) is 17.3. The van der Waals surface area contributed by atoms with E-state index in [1.54, 1.807) is 17.9 Å². The molecule has 1 aromatic heterocycles. The summed E-state index contributed by atoms with van der Waals surface area (Å²) in [4.78, 5) is 14.3. The first-order chi connectivity index (χ1) is 12.6. The Morgan fingerprint density at radius 3 is 2.77 bits per heavy atom. The predicted molar refractivity (Wildman–Crippen MR) is 98.9 cm³/mol. The Balaban J connectivity index is 1.54. The van der Waals surface area contributed by atoms with Crippen molar-refractivity contribution in [3.8, 4) is 5.75 Å². The van der Waals surface area contributed by atoms with Gasteiger partial charge in [-0.3, -0.25) is 4.68 Å². The molecule has 2 bridgehead atoms. The van der Waals surface area contributed by atoms with Gasteiger partial charge in [-0.05, 0) is 37.9 Å². The highest BCUT2D eigenvalue weighted by Gasteiger charge is 2.33. The van der Waals surface area contributed by atoms with Crippen LogP contribution < -0.4 is 10.1 Å². The number of benzene rings is 1. The number of carboxylic acids is 1. The second-order valence-electron chi connectivity index (χ2n) is 7.39. The van der Waals surface area contributed by atoms with Crippen molar-refractivity contribution in [1.29, 1.82) is 0 Å². The molecule has 3 aliphatic heterocycles. The number of ether oxygens (including phenoxy) is 1. The topological polar surface area (TPSA) is 79.6 Å². The molecule has 0 saturated carbocycles. The molecule has 2 N–H and O–H groups in total. The number of nitrogens with zero attached hydrogens (tertiary/aromatic N) is 3. The summed E-state index contributed by atoms with van der Waals surface area (Å²) in [5.41, 5.74) is 1.88. The van der Waals surface area contributed by atoms with Crippen LogP contribution in [0.15, 0.2) is 12.1 Å². The molecule has 140 valence electrons. The monoisotopic (exact) mass is 358 g/mol. The average molecular weight is 358 g/mol. The lowest BCUT2D eigenvalue weighted by atomic mass is 9.84. The first-order valence-electron chi connectivity index (χ1n) is 9.29. The molecule has 7 nitrogen and oxygen atoms in total. The second kappa shape index (κ2) is 6.89. The molecule has 3 fully saturated rings. The minimum atomic E-state index is -0.950. The fourth-order valence-electron chi connectivity index (χ4n) is 4.48. The van der Waals surface area contributed by atoms with E-state index in [0.29, 0.717) is 18.2 Å². The van der Waals surface area contributed by atoms with Gasteiger partial charge in [0.25, 0.3) is 0 Å². The average Bonchev–Trinajstić information content (AvgIpc) is 2.98. The molecule has 7 heteroatoms. The molecule has 5 rings (SSSR count). The number of carbonyl (C=O) groups is 1. The van der Waals surface area contributed by atoms with Crippen LogP contribution in [-0.4, -0.2) is 65.1 Å². The molecule has 3 saturated heterocycles. The predicted octanol–water partition coefficient (Wildman–Crippen LogP) is 1.51. The molecule has 3 aliphatic rings. The van der Waals surface area contributed by atoms with Crippen LogP contribution >= 0.6 is 0 Å². The summed E-state index contributed by atoms with van der Waals surface area (Å²) in [7, 11) is 3.39. The van der Waals surface area contributed by atoms with E-state index in [1.165, 1.54) is 25.9 Å². The number of aromatic nitrogens is 2. The Kier molecular flexibility index (Phi) is 4.58. The zero-order chi connectivity index (χ0) is 18.3. The molecule has 0 amide bonds. The zero-order valence-corrected chi connectivity index (χ0v) is 15.4. The number of aryl methyl sites for hydroxylation is 1. The summed E-state index contributed by atoms with van der Waals surface area (Å²) >= 11 is 0. The van der Waals surface area contributed by atoms with E-state index in [-0.39, 0.29) is 5.56 Å². The third kappa shape index (κ3) is 3.05. The van der Waals surface area contributed by atoms with E-state index in [1.807, 2.05) is 13.1 Å². The van der Waals surface area contributed by atoms with Crippen LogP contribution in [0.4, 0.5) is 0 Å². The normalized spacial score (nSPS) is 24.9. The van der Waals surface area contributed by atoms with Crippen LogP contribution in [-0.2, 0) is 13.5 Å². The summed E-state index contributed by atoms with van der Waals surface area (Å²) < 4.78 is 6.99. The van der Waals surface area contributed by atoms with Crippen molar-refractivity contribution in [2.45, 2.75) is 25.3 Å². The van der Waals surface area contributed by atoms with Crippen LogP contribution in [0.2, 0.25) is 0 Å². The summed E-state index contributed by atoms with van der Waals surface area (Å²) in [6.07, 6.45) is 3.29. The zero-order valence-electron chi connectivity index (χ0n) is 15.4. The molecule has 1 atom stereocenters. The van der Waals surface area contributed by atoms with Gasteiger partial charge in [-0.2, -0.15) is 5.10 Å². The van der Waals surface area contributed by atoms with E-state index in [0.717, 1.165) is 35.6 Å². The van der Waals surface area contributed by atoms with Gasteiger partial charge >= 0.3 is 5.97 Å². The van der Waals surface area contributed by atoms with Crippen LogP contribution in [0.25, 0.3) is 10.9 Å². The smallest absolute Gasteiger partial charge is 0.336 e. The number of fused-ring (bicyclic) bond motifs is 4. The largest absolute Gasteiger partial charge is 0.497 e. The van der Waals surface area contributed by atoms with Crippen LogP contribution in [0.1, 0.15) is 28.9 Å². The fraction of sp³-hybridized carbons (Fsp3) is 0.579. The van der Waals surface area contributed by atoms with E-state index < -0.39 is 5.97 Å². The maximum atomic E-state index is 11.7. The van der Waals surface area contributed by atoms with Gasteiger partial charge < -0.3 is 20.1 Å². The number of rotatable bonds is 6. The number of carboxylic acid groups (broad SMARTS) is 1. The fourth-order valence-corrected chi connectivity index (χ4v) is 4.48. The highest BCUT2D eigenvalue weighted by molar-refractivity contribution is 6.04. The molecule has 1 aromatic carbocycles. The lowest BCUT2D eigenvalue weighted by molar-refractivity contribution is 0.0698. The highest BCUT2D eigenvalue weighted by Crippen LogP contribution is 2.29. The second-order valence-corrected chi connectivity index (χ2v) is 7.39. The van der Waals surface area contributed by atoms with Gasteiger partial charge in [0.1, 0.15) is 5.75 Å². The third-order valence-electron chi connectivity index (χ3n) is 5.89. The summed E-state index contributed by atoms with van der Waals surface area (Å²) in [6.45, 7) is 4.41. The van der Waals surface area contributed by atoms with Gasteiger partial charge in [0.05, 0.1) is 23.9 Å². The lowest BCUT2D eigenvalue weighted by Crippen LogP contribution is -2.56. The van der Waals surface area contributed by atoms with Gasteiger partial charge in [0, 0.05) is 44.1 Å². The van der Waals surface area contributed by atoms with Crippen molar-refractivity contribution in [1.82, 2.24) is 20.0 Å². The van der Waals surface area contributed by atoms with Gasteiger partial charge in [-0.25, -0.2) is 4.79 Å². The third-order valence-corrected chi connectivity index (χ3v) is 5.89. The van der Waals surface area contributed by atoms with Gasteiger partial charge in [0.15, 0.2) is 0 Å². The molecule has 26 heavy (non-hydrogen) atoms.